The fourth-order valence-corrected chi connectivity index (χ4v) is 4.72. The molecule has 0 aliphatic heterocycles. The van der Waals surface area contributed by atoms with Gasteiger partial charge in [0, 0.05) is 12.8 Å². The number of aliphatic hydroxyl groups excluding tert-OH is 2. The highest BCUT2D eigenvalue weighted by Gasteiger charge is 2.08. The van der Waals surface area contributed by atoms with Crippen LogP contribution in [-0.4, -0.2) is 38.6 Å². The van der Waals surface area contributed by atoms with E-state index in [2.05, 4.69) is 85.9 Å². The van der Waals surface area contributed by atoms with E-state index in [1.54, 1.807) is 0 Å². The Morgan fingerprint density at radius 1 is 0.634 bits per heavy atom. The van der Waals surface area contributed by atoms with E-state index in [9.17, 15) is 10.2 Å². The molecule has 0 spiro atoms. The third-order valence-corrected chi connectivity index (χ3v) is 7.49. The molecule has 0 bridgehead atoms. The fourth-order valence-electron chi connectivity index (χ4n) is 3.56. The van der Waals surface area contributed by atoms with Crippen molar-refractivity contribution in [3.63, 3.8) is 0 Å². The van der Waals surface area contributed by atoms with Gasteiger partial charge >= 0.3 is 0 Å². The van der Waals surface area contributed by atoms with E-state index in [-0.39, 0.29) is 0 Å². The zero-order chi connectivity index (χ0) is 30.4. The van der Waals surface area contributed by atoms with Crippen molar-refractivity contribution < 1.29 is 14.6 Å². The van der Waals surface area contributed by atoms with Crippen LogP contribution in [0.4, 0.5) is 0 Å². The van der Waals surface area contributed by atoms with Gasteiger partial charge in [-0.2, -0.15) is 0 Å². The average Bonchev–Trinajstić information content (AvgIpc) is 3.35. The molecular weight excluding hydrogens is 537 g/mol. The summed E-state index contributed by atoms with van der Waals surface area (Å²) in [4.78, 5) is 0. The molecule has 222 valence electrons. The number of allylic oxidation sites excluding steroid dienone is 2. The Morgan fingerprint density at radius 3 is 1.41 bits per heavy atom. The van der Waals surface area contributed by atoms with Crippen LogP contribution >= 0.6 is 0 Å². The van der Waals surface area contributed by atoms with Crippen LogP contribution in [0.3, 0.4) is 0 Å². The number of unbranched alkanes of at least 4 members (excludes halogenated alkanes) is 10. The molecule has 0 aliphatic carbocycles. The Morgan fingerprint density at radius 2 is 1.02 bits per heavy atom. The summed E-state index contributed by atoms with van der Waals surface area (Å²) in [5.41, 5.74) is 6.39. The number of aliphatic hydroxyl groups is 2. The van der Waals surface area contributed by atoms with Crippen LogP contribution in [0, 0.1) is 46.6 Å². The van der Waals surface area contributed by atoms with Crippen molar-refractivity contribution in [1.29, 1.82) is 0 Å². The van der Waals surface area contributed by atoms with Crippen LogP contribution in [0.15, 0.2) is 40.9 Å². The minimum atomic E-state index is -1.42. The first-order valence-electron chi connectivity index (χ1n) is 15.3. The number of rotatable bonds is 14. The van der Waals surface area contributed by atoms with E-state index in [1.807, 2.05) is 36.4 Å². The molecule has 41 heavy (non-hydrogen) atoms. The molecule has 0 amide bonds. The number of furan rings is 1. The van der Waals surface area contributed by atoms with Crippen LogP contribution in [-0.2, 0) is 0 Å². The van der Waals surface area contributed by atoms with Crippen molar-refractivity contribution in [2.45, 2.75) is 129 Å². The monoisotopic (exact) mass is 588 g/mol. The Labute approximate surface area is 253 Å². The molecule has 2 atom stereocenters. The minimum absolute atomic E-state index is 0.637. The predicted octanol–water partition coefficient (Wildman–Crippen LogP) is 8.26. The summed E-state index contributed by atoms with van der Waals surface area (Å²) in [6, 6.07) is 3.79. The summed E-state index contributed by atoms with van der Waals surface area (Å²) in [6.45, 7) is 13.1. The average molecular weight is 589 g/mol. The standard InChI is InChI=1S/C36H52O3Si2/c1-40(2,3)31-29-33(37)23-19-15-11-7-9-13-17-21-25-35-27-28-36(39-35)26-22-18-14-10-8-12-16-20-24-34(38)30-32-41(4,5)6/h19-20,23-24,27-28,33-34,37-38H,7-18H2,1-6H3/b23-19+,24-20+/t33-,34-/m0/s1. The van der Waals surface area contributed by atoms with Crippen LogP contribution < -0.4 is 0 Å². The van der Waals surface area contributed by atoms with E-state index in [0.29, 0.717) is 11.5 Å². The summed E-state index contributed by atoms with van der Waals surface area (Å²) >= 11 is 0. The van der Waals surface area contributed by atoms with E-state index in [1.165, 1.54) is 12.8 Å². The third kappa shape index (κ3) is 23.7. The van der Waals surface area contributed by atoms with Crippen molar-refractivity contribution in [2.75, 3.05) is 0 Å². The van der Waals surface area contributed by atoms with E-state index in [4.69, 9.17) is 4.42 Å². The summed E-state index contributed by atoms with van der Waals surface area (Å²) in [5.74, 6) is 19.9. The summed E-state index contributed by atoms with van der Waals surface area (Å²) < 4.78 is 5.72. The molecule has 3 nitrogen and oxygen atoms in total. The normalized spacial score (nSPS) is 12.9. The van der Waals surface area contributed by atoms with Crippen LogP contribution in [0.1, 0.15) is 88.6 Å². The smallest absolute Gasteiger partial charge is 0.178 e. The fraction of sp³-hybridized carbons (Fsp3) is 0.556. The topological polar surface area (TPSA) is 53.6 Å². The lowest BCUT2D eigenvalue weighted by Gasteiger charge is -2.04. The Hall–Kier alpha value is -2.65. The highest BCUT2D eigenvalue weighted by atomic mass is 28.3. The van der Waals surface area contributed by atoms with Crippen LogP contribution in [0.5, 0.6) is 0 Å². The summed E-state index contributed by atoms with van der Waals surface area (Å²) in [5, 5.41) is 19.7. The van der Waals surface area contributed by atoms with Gasteiger partial charge in [-0.15, -0.1) is 11.1 Å². The SMILES string of the molecule is C[Si](C)(C)C#C[C@@H](O)/C=C/CCCCCCC#Cc1ccc(C#CCCCCCC/C=C/[C@H](O)C#C[Si](C)(C)C)o1. The molecule has 1 rings (SSSR count). The van der Waals surface area contributed by atoms with Crippen molar-refractivity contribution in [3.8, 4) is 46.6 Å². The second kappa shape index (κ2) is 21.1. The molecule has 2 N–H and O–H groups in total. The zero-order valence-electron chi connectivity index (χ0n) is 26.4. The maximum absolute atomic E-state index is 9.87. The molecule has 1 aromatic heterocycles. The molecular formula is C36H52O3Si2. The lowest BCUT2D eigenvalue weighted by atomic mass is 10.1. The van der Waals surface area contributed by atoms with E-state index >= 15 is 0 Å². The largest absolute Gasteiger partial charge is 0.439 e. The predicted molar refractivity (Wildman–Crippen MR) is 180 cm³/mol. The highest BCUT2D eigenvalue weighted by molar-refractivity contribution is 6.84. The summed E-state index contributed by atoms with van der Waals surface area (Å²) in [6.07, 6.45) is 19.2. The van der Waals surface area contributed by atoms with Gasteiger partial charge in [-0.3, -0.25) is 0 Å². The Kier molecular flexibility index (Phi) is 18.7. The molecule has 0 aromatic carbocycles. The Bertz CT molecular complexity index is 1090. The van der Waals surface area contributed by atoms with Gasteiger partial charge in [0.1, 0.15) is 28.4 Å². The van der Waals surface area contributed by atoms with Gasteiger partial charge in [0.05, 0.1) is 0 Å². The molecule has 0 unspecified atom stereocenters. The molecule has 0 saturated heterocycles. The first-order valence-corrected chi connectivity index (χ1v) is 22.3. The molecule has 5 heteroatoms. The first-order chi connectivity index (χ1) is 19.4. The minimum Gasteiger partial charge on any atom is -0.439 e. The van der Waals surface area contributed by atoms with Crippen molar-refractivity contribution >= 4 is 16.1 Å². The molecule has 0 radical (unpaired) electrons. The van der Waals surface area contributed by atoms with Gasteiger partial charge in [-0.1, -0.05) is 101 Å². The van der Waals surface area contributed by atoms with Gasteiger partial charge in [-0.05, 0) is 74.7 Å². The lowest BCUT2D eigenvalue weighted by molar-refractivity contribution is 0.280. The highest BCUT2D eigenvalue weighted by Crippen LogP contribution is 2.09. The van der Waals surface area contributed by atoms with Gasteiger partial charge in [0.2, 0.25) is 0 Å². The van der Waals surface area contributed by atoms with Crippen molar-refractivity contribution in [1.82, 2.24) is 0 Å². The second-order valence-corrected chi connectivity index (χ2v) is 22.0. The molecule has 1 heterocycles. The van der Waals surface area contributed by atoms with Crippen LogP contribution in [0.25, 0.3) is 0 Å². The zero-order valence-corrected chi connectivity index (χ0v) is 28.4. The third-order valence-electron chi connectivity index (χ3n) is 5.70. The molecule has 0 fully saturated rings. The molecule has 1 aromatic rings. The van der Waals surface area contributed by atoms with Gasteiger partial charge in [0.25, 0.3) is 0 Å². The van der Waals surface area contributed by atoms with E-state index < -0.39 is 28.4 Å². The molecule has 0 saturated carbocycles. The first kappa shape index (κ1) is 36.4. The quantitative estimate of drug-likeness (QED) is 0.0995. The van der Waals surface area contributed by atoms with Crippen LogP contribution in [0.2, 0.25) is 39.3 Å². The number of hydrogen-bond donors (Lipinski definition) is 2. The van der Waals surface area contributed by atoms with Gasteiger partial charge < -0.3 is 14.6 Å². The summed E-state index contributed by atoms with van der Waals surface area (Å²) in [7, 11) is -2.85. The van der Waals surface area contributed by atoms with Crippen molar-refractivity contribution in [2.24, 2.45) is 0 Å². The van der Waals surface area contributed by atoms with Crippen molar-refractivity contribution in [3.05, 3.63) is 48.0 Å². The van der Waals surface area contributed by atoms with Gasteiger partial charge in [-0.25, -0.2) is 0 Å². The second-order valence-electron chi connectivity index (χ2n) is 12.5. The maximum Gasteiger partial charge on any atom is 0.178 e. The van der Waals surface area contributed by atoms with Gasteiger partial charge in [0.15, 0.2) is 11.5 Å². The van der Waals surface area contributed by atoms with E-state index in [0.717, 1.165) is 64.2 Å². The number of hydrogen-bond acceptors (Lipinski definition) is 3. The maximum atomic E-state index is 9.87. The Balaban J connectivity index is 2.11. The lowest BCUT2D eigenvalue weighted by Crippen LogP contribution is -2.17. The molecule has 0 aliphatic rings.